The van der Waals surface area contributed by atoms with Gasteiger partial charge in [0.25, 0.3) is 0 Å². The largest absolute Gasteiger partial charge is 0.314 e. The number of benzene rings is 1. The summed E-state index contributed by atoms with van der Waals surface area (Å²) in [5, 5.41) is 4.27. The van der Waals surface area contributed by atoms with E-state index < -0.39 is 0 Å². The van der Waals surface area contributed by atoms with Crippen LogP contribution in [-0.4, -0.2) is 30.1 Å². The van der Waals surface area contributed by atoms with Gasteiger partial charge in [0, 0.05) is 36.7 Å². The van der Waals surface area contributed by atoms with Gasteiger partial charge in [0.05, 0.1) is 0 Å². The minimum absolute atomic E-state index is 0.586. The molecule has 2 unspecified atom stereocenters. The van der Waals surface area contributed by atoms with Gasteiger partial charge in [-0.15, -0.1) is 0 Å². The van der Waals surface area contributed by atoms with Crippen molar-refractivity contribution in [1.29, 1.82) is 0 Å². The Morgan fingerprint density at radius 1 is 1.31 bits per heavy atom. The van der Waals surface area contributed by atoms with Crippen LogP contribution < -0.4 is 5.32 Å². The highest BCUT2D eigenvalue weighted by Gasteiger charge is 2.24. The predicted octanol–water partition coefficient (Wildman–Crippen LogP) is 2.52. The van der Waals surface area contributed by atoms with Crippen LogP contribution in [0, 0.1) is 0 Å². The zero-order chi connectivity index (χ0) is 11.5. The van der Waals surface area contributed by atoms with Crippen LogP contribution in [0.1, 0.15) is 19.4 Å². The lowest BCUT2D eigenvalue weighted by Crippen LogP contribution is -2.54. The lowest BCUT2D eigenvalue weighted by atomic mass is 10.1. The van der Waals surface area contributed by atoms with Crippen LogP contribution >= 0.6 is 11.6 Å². The molecule has 0 aromatic heterocycles. The summed E-state index contributed by atoms with van der Waals surface area (Å²) in [6, 6.07) is 9.33. The summed E-state index contributed by atoms with van der Waals surface area (Å²) in [6.45, 7) is 7.68. The molecule has 0 aliphatic carbocycles. The summed E-state index contributed by atoms with van der Waals surface area (Å²) in [7, 11) is 0. The molecule has 0 amide bonds. The van der Waals surface area contributed by atoms with E-state index in [2.05, 4.69) is 36.2 Å². The minimum Gasteiger partial charge on any atom is -0.314 e. The highest BCUT2D eigenvalue weighted by atomic mass is 35.5. The van der Waals surface area contributed by atoms with Gasteiger partial charge in [-0.1, -0.05) is 23.7 Å². The molecule has 16 heavy (non-hydrogen) atoms. The van der Waals surface area contributed by atoms with E-state index in [1.54, 1.807) is 0 Å². The molecule has 2 rings (SSSR count). The second-order valence-electron chi connectivity index (χ2n) is 4.66. The molecule has 0 bridgehead atoms. The molecule has 3 heteroatoms. The summed E-state index contributed by atoms with van der Waals surface area (Å²) in [5.41, 5.74) is 1.30. The summed E-state index contributed by atoms with van der Waals surface area (Å²) >= 11 is 6.00. The number of halogens is 1. The molecular weight excluding hydrogens is 220 g/mol. The van der Waals surface area contributed by atoms with Crippen molar-refractivity contribution in [3.05, 3.63) is 34.9 Å². The van der Waals surface area contributed by atoms with Crippen LogP contribution in [0.25, 0.3) is 0 Å². The fraction of sp³-hybridized carbons (Fsp3) is 0.538. The fourth-order valence-corrected chi connectivity index (χ4v) is 2.54. The maximum atomic E-state index is 6.00. The third-order valence-corrected chi connectivity index (χ3v) is 3.50. The molecule has 1 aromatic carbocycles. The molecule has 0 radical (unpaired) electrons. The number of hydrogen-bond donors (Lipinski definition) is 1. The van der Waals surface area contributed by atoms with E-state index in [0.29, 0.717) is 12.1 Å². The van der Waals surface area contributed by atoms with Crippen LogP contribution in [0.4, 0.5) is 0 Å². The summed E-state index contributed by atoms with van der Waals surface area (Å²) in [6.07, 6.45) is 0. The molecule has 2 nitrogen and oxygen atoms in total. The lowest BCUT2D eigenvalue weighted by Gasteiger charge is -2.39. The second-order valence-corrected chi connectivity index (χ2v) is 5.09. The Kier molecular flexibility index (Phi) is 3.85. The maximum Gasteiger partial charge on any atom is 0.0409 e. The molecule has 2 atom stereocenters. The molecule has 0 saturated carbocycles. The number of nitrogens with zero attached hydrogens (tertiary/aromatic N) is 1. The molecular formula is C13H19ClN2. The van der Waals surface area contributed by atoms with Crippen molar-refractivity contribution in [3.63, 3.8) is 0 Å². The van der Waals surface area contributed by atoms with Crippen molar-refractivity contribution in [2.45, 2.75) is 32.5 Å². The van der Waals surface area contributed by atoms with E-state index in [9.17, 15) is 0 Å². The van der Waals surface area contributed by atoms with Crippen molar-refractivity contribution >= 4 is 11.6 Å². The van der Waals surface area contributed by atoms with Gasteiger partial charge < -0.3 is 5.32 Å². The molecule has 88 valence electrons. The summed E-state index contributed by atoms with van der Waals surface area (Å²) in [4.78, 5) is 2.53. The molecule has 1 N–H and O–H groups in total. The second kappa shape index (κ2) is 5.17. The Bertz CT molecular complexity index is 344. The van der Waals surface area contributed by atoms with Gasteiger partial charge in [-0.3, -0.25) is 4.90 Å². The van der Waals surface area contributed by atoms with E-state index in [1.807, 2.05) is 12.1 Å². The first-order valence-electron chi connectivity index (χ1n) is 5.87. The van der Waals surface area contributed by atoms with Crippen molar-refractivity contribution in [3.8, 4) is 0 Å². The van der Waals surface area contributed by atoms with Gasteiger partial charge >= 0.3 is 0 Å². The minimum atomic E-state index is 0.586. The molecule has 1 saturated heterocycles. The Balaban J connectivity index is 2.07. The summed E-state index contributed by atoms with van der Waals surface area (Å²) < 4.78 is 0. The van der Waals surface area contributed by atoms with Gasteiger partial charge in [-0.25, -0.2) is 0 Å². The standard InChI is InChI=1S/C13H19ClN2/c1-10-7-15-8-11(2)16(10)9-12-4-3-5-13(14)6-12/h3-6,10-11,15H,7-9H2,1-2H3. The Labute approximate surface area is 103 Å². The molecule has 1 heterocycles. The zero-order valence-corrected chi connectivity index (χ0v) is 10.7. The molecule has 1 aliphatic heterocycles. The molecule has 1 fully saturated rings. The Morgan fingerprint density at radius 2 is 2.00 bits per heavy atom. The highest BCUT2D eigenvalue weighted by Crippen LogP contribution is 2.17. The average molecular weight is 239 g/mol. The van der Waals surface area contributed by atoms with Crippen molar-refractivity contribution in [2.24, 2.45) is 0 Å². The first kappa shape index (κ1) is 11.9. The number of nitrogens with one attached hydrogen (secondary N) is 1. The number of rotatable bonds is 2. The van der Waals surface area contributed by atoms with E-state index in [1.165, 1.54) is 5.56 Å². The van der Waals surface area contributed by atoms with Crippen LogP contribution in [0.5, 0.6) is 0 Å². The van der Waals surface area contributed by atoms with E-state index in [-0.39, 0.29) is 0 Å². The van der Waals surface area contributed by atoms with Crippen molar-refractivity contribution in [1.82, 2.24) is 10.2 Å². The number of hydrogen-bond acceptors (Lipinski definition) is 2. The smallest absolute Gasteiger partial charge is 0.0409 e. The fourth-order valence-electron chi connectivity index (χ4n) is 2.33. The molecule has 0 spiro atoms. The average Bonchev–Trinajstić information content (AvgIpc) is 2.24. The van der Waals surface area contributed by atoms with E-state index in [4.69, 9.17) is 11.6 Å². The quantitative estimate of drug-likeness (QED) is 0.852. The Hall–Kier alpha value is -0.570. The first-order valence-corrected chi connectivity index (χ1v) is 6.25. The third-order valence-electron chi connectivity index (χ3n) is 3.27. The zero-order valence-electron chi connectivity index (χ0n) is 9.91. The van der Waals surface area contributed by atoms with Gasteiger partial charge in [0.2, 0.25) is 0 Å². The van der Waals surface area contributed by atoms with Crippen LogP contribution in [0.3, 0.4) is 0 Å². The van der Waals surface area contributed by atoms with E-state index >= 15 is 0 Å². The van der Waals surface area contributed by atoms with Gasteiger partial charge in [-0.05, 0) is 31.5 Å². The monoisotopic (exact) mass is 238 g/mol. The van der Waals surface area contributed by atoms with Crippen LogP contribution in [0.15, 0.2) is 24.3 Å². The van der Waals surface area contributed by atoms with Gasteiger partial charge in [0.1, 0.15) is 0 Å². The van der Waals surface area contributed by atoms with Crippen LogP contribution in [-0.2, 0) is 6.54 Å². The van der Waals surface area contributed by atoms with Gasteiger partial charge in [-0.2, -0.15) is 0 Å². The number of piperazine rings is 1. The van der Waals surface area contributed by atoms with Crippen LogP contribution in [0.2, 0.25) is 5.02 Å². The topological polar surface area (TPSA) is 15.3 Å². The predicted molar refractivity (Wildman–Crippen MR) is 68.8 cm³/mol. The first-order chi connectivity index (χ1) is 7.66. The maximum absolute atomic E-state index is 6.00. The van der Waals surface area contributed by atoms with E-state index in [0.717, 1.165) is 24.7 Å². The van der Waals surface area contributed by atoms with Gasteiger partial charge in [0.15, 0.2) is 0 Å². The third kappa shape index (κ3) is 2.76. The normalized spacial score (nSPS) is 26.9. The Morgan fingerprint density at radius 3 is 2.62 bits per heavy atom. The lowest BCUT2D eigenvalue weighted by molar-refractivity contribution is 0.109. The van der Waals surface area contributed by atoms with Crippen molar-refractivity contribution in [2.75, 3.05) is 13.1 Å². The molecule has 1 aliphatic rings. The molecule has 1 aromatic rings. The summed E-state index contributed by atoms with van der Waals surface area (Å²) in [5.74, 6) is 0. The highest BCUT2D eigenvalue weighted by molar-refractivity contribution is 6.30. The SMILES string of the molecule is CC1CNCC(C)N1Cc1cccc(Cl)c1. The van der Waals surface area contributed by atoms with Crippen molar-refractivity contribution < 1.29 is 0 Å².